The second kappa shape index (κ2) is 8.83. The first kappa shape index (κ1) is 24.2. The molecule has 0 fully saturated rings. The molecule has 0 N–H and O–H groups in total. The summed E-state index contributed by atoms with van der Waals surface area (Å²) in [5, 5.41) is 2.09. The molecule has 0 unspecified atom stereocenters. The van der Waals surface area contributed by atoms with Gasteiger partial charge in [-0.1, -0.05) is 29.7 Å². The summed E-state index contributed by atoms with van der Waals surface area (Å²) in [7, 11) is 0. The van der Waals surface area contributed by atoms with Gasteiger partial charge < -0.3 is 9.38 Å². The van der Waals surface area contributed by atoms with Crippen LogP contribution in [-0.4, -0.2) is 19.4 Å². The summed E-state index contributed by atoms with van der Waals surface area (Å²) >= 11 is 0. The van der Waals surface area contributed by atoms with Crippen molar-refractivity contribution in [1.82, 2.24) is 19.4 Å². The van der Waals surface area contributed by atoms with Crippen molar-refractivity contribution in [2.45, 2.75) is 32.1 Å². The Kier molecular flexibility index (Phi) is 5.47. The molecule has 4 aromatic heterocycles. The maximum absolute atomic E-state index is 5.36. The molecule has 1 aliphatic rings. The van der Waals surface area contributed by atoms with E-state index in [1.807, 2.05) is 6.07 Å². The quantitative estimate of drug-likeness (QED) is 0.125. The van der Waals surface area contributed by atoms with Gasteiger partial charge in [-0.15, -0.1) is 64.5 Å². The Morgan fingerprint density at radius 3 is 2.38 bits per heavy atom. The van der Waals surface area contributed by atoms with Crippen molar-refractivity contribution in [2.75, 3.05) is 0 Å². The molecule has 190 valence electrons. The van der Waals surface area contributed by atoms with E-state index >= 15 is 0 Å². The standard InChI is InChI=1S/C34H24N4.Pt/c1-34(2)30-12-6-10-26(35-30)23-8-5-7-21(19-23)13-14-22-15-16-24-25(20-22)32-29(17-18-31(34)37-32)38-28-11-4-3-9-27(28)36-33(24)38;/h3-12,15-18H,13-14H2,1-2H3;/q-2;+2. The summed E-state index contributed by atoms with van der Waals surface area (Å²) in [6.07, 6.45) is 1.75. The van der Waals surface area contributed by atoms with E-state index < -0.39 is 5.41 Å². The van der Waals surface area contributed by atoms with Crippen LogP contribution in [-0.2, 0) is 39.3 Å². The number of fused-ring (bicyclic) bond motifs is 12. The minimum Gasteiger partial charge on any atom is -0.307 e. The summed E-state index contributed by atoms with van der Waals surface area (Å²) in [5.41, 5.74) is 10.9. The topological polar surface area (TPSA) is 43.1 Å². The van der Waals surface area contributed by atoms with Crippen molar-refractivity contribution in [3.05, 3.63) is 120 Å². The maximum Gasteiger partial charge on any atom is 2.00 e. The molecule has 7 aromatic rings. The van der Waals surface area contributed by atoms with E-state index in [2.05, 4.69) is 109 Å². The number of aryl methyl sites for hydroxylation is 2. The molecule has 0 amide bonds. The van der Waals surface area contributed by atoms with Gasteiger partial charge in [0.15, 0.2) is 0 Å². The summed E-state index contributed by atoms with van der Waals surface area (Å²) in [6, 6.07) is 37.0. The Morgan fingerprint density at radius 1 is 0.692 bits per heavy atom. The van der Waals surface area contributed by atoms with E-state index in [0.29, 0.717) is 0 Å². The number of para-hydroxylation sites is 2. The zero-order valence-corrected chi connectivity index (χ0v) is 23.9. The van der Waals surface area contributed by atoms with Crippen LogP contribution in [0.1, 0.15) is 36.4 Å². The van der Waals surface area contributed by atoms with Gasteiger partial charge in [0.1, 0.15) is 5.65 Å². The van der Waals surface area contributed by atoms with E-state index in [1.165, 1.54) is 5.56 Å². The van der Waals surface area contributed by atoms with Crippen molar-refractivity contribution in [3.8, 4) is 11.3 Å². The minimum absolute atomic E-state index is 0. The molecule has 39 heavy (non-hydrogen) atoms. The first-order chi connectivity index (χ1) is 18.6. The van der Waals surface area contributed by atoms with Crippen molar-refractivity contribution in [3.63, 3.8) is 0 Å². The van der Waals surface area contributed by atoms with E-state index in [9.17, 15) is 0 Å². The van der Waals surface area contributed by atoms with Gasteiger partial charge in [0.05, 0.1) is 11.0 Å². The average molecular weight is 684 g/mol. The van der Waals surface area contributed by atoms with E-state index in [0.717, 1.165) is 79.5 Å². The number of imidazole rings is 1. The van der Waals surface area contributed by atoms with Gasteiger partial charge in [0, 0.05) is 27.8 Å². The van der Waals surface area contributed by atoms with Crippen LogP contribution in [0.2, 0.25) is 0 Å². The van der Waals surface area contributed by atoms with Gasteiger partial charge in [-0.05, 0) is 62.7 Å². The van der Waals surface area contributed by atoms with E-state index in [1.54, 1.807) is 0 Å². The van der Waals surface area contributed by atoms with Crippen LogP contribution in [0.4, 0.5) is 0 Å². The first-order valence-corrected chi connectivity index (χ1v) is 13.1. The molecule has 8 bridgehead atoms. The maximum atomic E-state index is 5.36. The molecule has 3 aromatic carbocycles. The molecule has 0 aliphatic carbocycles. The molecule has 0 radical (unpaired) electrons. The van der Waals surface area contributed by atoms with Gasteiger partial charge in [0.2, 0.25) is 0 Å². The second-order valence-corrected chi connectivity index (χ2v) is 10.7. The predicted molar refractivity (Wildman–Crippen MR) is 152 cm³/mol. The van der Waals surface area contributed by atoms with Gasteiger partial charge in [-0.2, -0.15) is 0 Å². The van der Waals surface area contributed by atoms with Gasteiger partial charge in [-0.25, -0.2) is 4.98 Å². The van der Waals surface area contributed by atoms with Crippen molar-refractivity contribution < 1.29 is 21.1 Å². The van der Waals surface area contributed by atoms with Crippen LogP contribution in [0.5, 0.6) is 0 Å². The summed E-state index contributed by atoms with van der Waals surface area (Å²) in [5.74, 6) is 0. The Labute approximate surface area is 241 Å². The minimum atomic E-state index is -0.405. The van der Waals surface area contributed by atoms with Crippen LogP contribution in [0.3, 0.4) is 0 Å². The number of aromatic nitrogens is 4. The third-order valence-corrected chi connectivity index (χ3v) is 7.98. The molecule has 5 heteroatoms. The molecule has 5 heterocycles. The zero-order valence-electron chi connectivity index (χ0n) is 21.6. The molecule has 4 nitrogen and oxygen atoms in total. The van der Waals surface area contributed by atoms with Crippen molar-refractivity contribution in [2.24, 2.45) is 0 Å². The van der Waals surface area contributed by atoms with Gasteiger partial charge >= 0.3 is 21.1 Å². The summed E-state index contributed by atoms with van der Waals surface area (Å²) < 4.78 is 2.25. The molecule has 0 atom stereocenters. The molecule has 0 saturated heterocycles. The van der Waals surface area contributed by atoms with Crippen molar-refractivity contribution in [1.29, 1.82) is 0 Å². The SMILES string of the molecule is CC1(C)c2cccc(n2)-c2[c-]c(ccc2)CCc2[c-]c3c(cc2)c2nc4ccccc4n2c2ccc1nc32.[Pt+2]. The smallest absolute Gasteiger partial charge is 0.307 e. The number of hydrogen-bond donors (Lipinski definition) is 0. The zero-order chi connectivity index (χ0) is 25.4. The number of benzene rings is 3. The number of nitrogens with zero attached hydrogens (tertiary/aromatic N) is 4. The van der Waals surface area contributed by atoms with E-state index in [4.69, 9.17) is 15.0 Å². The normalized spacial score (nSPS) is 14.2. The third kappa shape index (κ3) is 3.66. The molecule has 1 aliphatic heterocycles. The number of pyridine rings is 3. The molecule has 0 saturated carbocycles. The Hall–Kier alpha value is -3.88. The Morgan fingerprint density at radius 2 is 1.49 bits per heavy atom. The van der Waals surface area contributed by atoms with Crippen molar-refractivity contribution >= 4 is 38.5 Å². The largest absolute Gasteiger partial charge is 2.00 e. The van der Waals surface area contributed by atoms with E-state index in [-0.39, 0.29) is 21.1 Å². The van der Waals surface area contributed by atoms with Crippen LogP contribution in [0, 0.1) is 12.1 Å². The molecule has 0 spiro atoms. The van der Waals surface area contributed by atoms with Crippen LogP contribution in [0.15, 0.2) is 84.9 Å². The second-order valence-electron chi connectivity index (χ2n) is 10.7. The van der Waals surface area contributed by atoms with Crippen LogP contribution < -0.4 is 0 Å². The van der Waals surface area contributed by atoms with Crippen LogP contribution in [0.25, 0.3) is 49.7 Å². The average Bonchev–Trinajstić information content (AvgIpc) is 3.35. The predicted octanol–water partition coefficient (Wildman–Crippen LogP) is 7.27. The fourth-order valence-electron chi connectivity index (χ4n) is 5.82. The number of rotatable bonds is 0. The molecular formula is C34H24N4Pt. The number of hydrogen-bond acceptors (Lipinski definition) is 3. The fourth-order valence-corrected chi connectivity index (χ4v) is 5.82. The fraction of sp³-hybridized carbons (Fsp3) is 0.147. The Balaban J connectivity index is 0.00000253. The monoisotopic (exact) mass is 683 g/mol. The summed E-state index contributed by atoms with van der Waals surface area (Å²) in [4.78, 5) is 15.5. The van der Waals surface area contributed by atoms with Gasteiger partial charge in [-0.3, -0.25) is 4.98 Å². The molecule has 8 rings (SSSR count). The Bertz CT molecular complexity index is 2070. The molecular weight excluding hydrogens is 659 g/mol. The first-order valence-electron chi connectivity index (χ1n) is 13.1. The van der Waals surface area contributed by atoms with Gasteiger partial charge in [0.25, 0.3) is 0 Å². The summed E-state index contributed by atoms with van der Waals surface area (Å²) in [6.45, 7) is 4.40. The van der Waals surface area contributed by atoms with Crippen LogP contribution >= 0.6 is 0 Å². The third-order valence-electron chi connectivity index (χ3n) is 7.98.